The highest BCUT2D eigenvalue weighted by atomic mass is 19.1. The molecule has 0 aliphatic rings. The quantitative estimate of drug-likeness (QED) is 0.473. The molecule has 4 rings (SSSR count). The first kappa shape index (κ1) is 19.6. The largest absolute Gasteiger partial charge is 0.494 e. The number of ether oxygens (including phenoxy) is 1. The Kier molecular flexibility index (Phi) is 5.23. The van der Waals surface area contributed by atoms with Gasteiger partial charge in [0.2, 0.25) is 5.91 Å². The minimum atomic E-state index is -0.465. The van der Waals surface area contributed by atoms with E-state index in [0.717, 1.165) is 0 Å². The topological polar surface area (TPSA) is 51.5 Å². The number of aromatic nitrogens is 1. The summed E-state index contributed by atoms with van der Waals surface area (Å²) in [5.41, 5.74) is 2.03. The molecule has 1 amide bonds. The summed E-state index contributed by atoms with van der Waals surface area (Å²) >= 11 is 0. The zero-order valence-electron chi connectivity index (χ0n) is 16.8. The van der Waals surface area contributed by atoms with Gasteiger partial charge >= 0.3 is 0 Å². The van der Waals surface area contributed by atoms with Crippen molar-refractivity contribution in [2.45, 2.75) is 13.1 Å². The van der Waals surface area contributed by atoms with E-state index in [1.807, 2.05) is 41.0 Å². The van der Waals surface area contributed by atoms with Crippen LogP contribution in [0.25, 0.3) is 21.8 Å². The molecule has 0 atom stereocenters. The second-order valence-corrected chi connectivity index (χ2v) is 7.17. The van der Waals surface area contributed by atoms with Gasteiger partial charge in [0.15, 0.2) is 17.0 Å². The lowest BCUT2D eigenvalue weighted by atomic mass is 10.1. The summed E-state index contributed by atoms with van der Waals surface area (Å²) in [6.45, 7) is 0.326. The summed E-state index contributed by atoms with van der Waals surface area (Å²) in [7, 11) is 3.09. The first-order valence-corrected chi connectivity index (χ1v) is 9.56. The molecule has 0 radical (unpaired) electrons. The van der Waals surface area contributed by atoms with Crippen molar-refractivity contribution in [3.8, 4) is 5.75 Å². The zero-order valence-corrected chi connectivity index (χ0v) is 16.8. The molecule has 0 N–H and O–H groups in total. The highest BCUT2D eigenvalue weighted by Gasteiger charge is 2.16. The lowest BCUT2D eigenvalue weighted by Gasteiger charge is -2.21. The number of likely N-dealkylation sites (N-methyl/N-ethyl adjacent to an activating group) is 1. The number of carbonyl (C=O) groups excluding carboxylic acids is 1. The highest BCUT2D eigenvalue weighted by molar-refractivity contribution is 5.94. The number of methoxy groups -OCH3 is 1. The first-order chi connectivity index (χ1) is 14.5. The monoisotopic (exact) mass is 404 g/mol. The molecular weight excluding hydrogens is 383 g/mol. The fraction of sp³-hybridized carbons (Fsp3) is 0.167. The molecule has 5 nitrogen and oxygen atoms in total. The number of pyridine rings is 1. The van der Waals surface area contributed by atoms with Crippen LogP contribution < -0.4 is 10.2 Å². The minimum Gasteiger partial charge on any atom is -0.494 e. The van der Waals surface area contributed by atoms with E-state index in [0.29, 0.717) is 27.4 Å². The molecule has 0 aliphatic heterocycles. The van der Waals surface area contributed by atoms with Crippen molar-refractivity contribution in [1.82, 2.24) is 9.47 Å². The molecule has 152 valence electrons. The number of fused-ring (bicyclic) bond motifs is 2. The van der Waals surface area contributed by atoms with Crippen LogP contribution in [-0.2, 0) is 17.9 Å². The molecule has 30 heavy (non-hydrogen) atoms. The third kappa shape index (κ3) is 3.52. The molecule has 1 aromatic heterocycles. The van der Waals surface area contributed by atoms with Crippen LogP contribution >= 0.6 is 0 Å². The number of benzene rings is 3. The summed E-state index contributed by atoms with van der Waals surface area (Å²) in [5, 5.41) is 1.15. The molecule has 0 spiro atoms. The number of halogens is 1. The van der Waals surface area contributed by atoms with Crippen molar-refractivity contribution >= 4 is 27.7 Å². The fourth-order valence-corrected chi connectivity index (χ4v) is 3.67. The molecule has 1 heterocycles. The van der Waals surface area contributed by atoms with Gasteiger partial charge in [0.1, 0.15) is 6.54 Å². The SMILES string of the molecule is COc1ccc(CN(C)C(=O)Cn2c3ccccc3c(=O)c3ccccc32)cc1F. The Morgan fingerprint density at radius 3 is 2.17 bits per heavy atom. The number of hydrogen-bond donors (Lipinski definition) is 0. The molecule has 4 aromatic rings. The van der Waals surface area contributed by atoms with Gasteiger partial charge in [0.05, 0.1) is 18.1 Å². The lowest BCUT2D eigenvalue weighted by molar-refractivity contribution is -0.130. The van der Waals surface area contributed by atoms with E-state index in [1.165, 1.54) is 13.2 Å². The van der Waals surface area contributed by atoms with Crippen LogP contribution in [0.5, 0.6) is 5.75 Å². The summed E-state index contributed by atoms with van der Waals surface area (Å²) < 4.78 is 20.8. The Labute approximate surface area is 172 Å². The number of carbonyl (C=O) groups is 1. The van der Waals surface area contributed by atoms with E-state index in [2.05, 4.69) is 0 Å². The van der Waals surface area contributed by atoms with E-state index in [-0.39, 0.29) is 30.2 Å². The van der Waals surface area contributed by atoms with Crippen LogP contribution in [0.15, 0.2) is 71.5 Å². The Bertz CT molecular complexity index is 1250. The Hall–Kier alpha value is -3.67. The maximum atomic E-state index is 14.0. The van der Waals surface area contributed by atoms with Gasteiger partial charge in [-0.15, -0.1) is 0 Å². The highest BCUT2D eigenvalue weighted by Crippen LogP contribution is 2.21. The van der Waals surface area contributed by atoms with Gasteiger partial charge in [-0.25, -0.2) is 4.39 Å². The average molecular weight is 404 g/mol. The van der Waals surface area contributed by atoms with Gasteiger partial charge < -0.3 is 14.2 Å². The predicted octanol–water partition coefficient (Wildman–Crippen LogP) is 3.96. The normalized spacial score (nSPS) is 11.0. The second kappa shape index (κ2) is 7.99. The van der Waals surface area contributed by atoms with Gasteiger partial charge in [0, 0.05) is 24.4 Å². The summed E-state index contributed by atoms with van der Waals surface area (Å²) in [4.78, 5) is 27.4. The Balaban J connectivity index is 1.68. The average Bonchev–Trinajstić information content (AvgIpc) is 2.76. The second-order valence-electron chi connectivity index (χ2n) is 7.17. The zero-order chi connectivity index (χ0) is 21.3. The number of hydrogen-bond acceptors (Lipinski definition) is 3. The van der Waals surface area contributed by atoms with Gasteiger partial charge in [-0.1, -0.05) is 30.3 Å². The van der Waals surface area contributed by atoms with Crippen molar-refractivity contribution in [2.24, 2.45) is 0 Å². The maximum Gasteiger partial charge on any atom is 0.242 e. The molecule has 3 aromatic carbocycles. The third-order valence-electron chi connectivity index (χ3n) is 5.23. The van der Waals surface area contributed by atoms with Crippen LogP contribution in [0.1, 0.15) is 5.56 Å². The Morgan fingerprint density at radius 1 is 1.00 bits per heavy atom. The van der Waals surface area contributed by atoms with Gasteiger partial charge in [0.25, 0.3) is 0 Å². The third-order valence-corrected chi connectivity index (χ3v) is 5.23. The van der Waals surface area contributed by atoms with Crippen molar-refractivity contribution in [2.75, 3.05) is 14.2 Å². The molecule has 0 bridgehead atoms. The van der Waals surface area contributed by atoms with E-state index in [4.69, 9.17) is 4.74 Å². The number of rotatable bonds is 5. The molecule has 0 unspecified atom stereocenters. The Morgan fingerprint density at radius 2 is 1.60 bits per heavy atom. The summed E-state index contributed by atoms with van der Waals surface area (Å²) in [6, 6.07) is 19.2. The minimum absolute atomic E-state index is 0.0491. The van der Waals surface area contributed by atoms with Gasteiger partial charge in [-0.2, -0.15) is 0 Å². The smallest absolute Gasteiger partial charge is 0.242 e. The molecular formula is C24H21FN2O3. The molecule has 0 fully saturated rings. The van der Waals surface area contributed by atoms with Crippen molar-refractivity contribution in [3.63, 3.8) is 0 Å². The molecule has 0 aliphatic carbocycles. The van der Waals surface area contributed by atoms with Crippen molar-refractivity contribution < 1.29 is 13.9 Å². The van der Waals surface area contributed by atoms with Crippen LogP contribution in [0.2, 0.25) is 0 Å². The number of amides is 1. The number of nitrogens with zero attached hydrogens (tertiary/aromatic N) is 2. The van der Waals surface area contributed by atoms with E-state index in [1.54, 1.807) is 36.2 Å². The first-order valence-electron chi connectivity index (χ1n) is 9.56. The number of para-hydroxylation sites is 2. The van der Waals surface area contributed by atoms with Gasteiger partial charge in [-0.3, -0.25) is 9.59 Å². The maximum absolute atomic E-state index is 14.0. The van der Waals surface area contributed by atoms with Crippen LogP contribution in [0.3, 0.4) is 0 Å². The standard InChI is InChI=1S/C24H21FN2O3/c1-26(14-16-11-12-22(30-2)19(25)13-16)23(28)15-27-20-9-5-3-7-17(20)24(29)18-8-4-6-10-21(18)27/h3-13H,14-15H2,1-2H3. The van der Waals surface area contributed by atoms with Gasteiger partial charge in [-0.05, 0) is 42.0 Å². The summed E-state index contributed by atoms with van der Waals surface area (Å²) in [6.07, 6.45) is 0. The molecule has 6 heteroatoms. The molecule has 0 saturated heterocycles. The van der Waals surface area contributed by atoms with Crippen LogP contribution in [-0.4, -0.2) is 29.5 Å². The van der Waals surface area contributed by atoms with Crippen LogP contribution in [0.4, 0.5) is 4.39 Å². The lowest BCUT2D eigenvalue weighted by Crippen LogP contribution is -2.30. The van der Waals surface area contributed by atoms with Crippen molar-refractivity contribution in [1.29, 1.82) is 0 Å². The van der Waals surface area contributed by atoms with Crippen molar-refractivity contribution in [3.05, 3.63) is 88.3 Å². The fourth-order valence-electron chi connectivity index (χ4n) is 3.67. The van der Waals surface area contributed by atoms with E-state index >= 15 is 0 Å². The van der Waals surface area contributed by atoms with Crippen LogP contribution in [0, 0.1) is 5.82 Å². The molecule has 0 saturated carbocycles. The van der Waals surface area contributed by atoms with E-state index in [9.17, 15) is 14.0 Å². The van der Waals surface area contributed by atoms with E-state index < -0.39 is 5.82 Å². The summed E-state index contributed by atoms with van der Waals surface area (Å²) in [5.74, 6) is -0.447. The predicted molar refractivity (Wildman–Crippen MR) is 115 cm³/mol.